The third-order valence-electron chi connectivity index (χ3n) is 4.08. The Morgan fingerprint density at radius 2 is 1.33 bits per heavy atom. The van der Waals surface area contributed by atoms with Crippen LogP contribution in [0.15, 0.2) is 30.3 Å². The van der Waals surface area contributed by atoms with Crippen molar-refractivity contribution in [1.82, 2.24) is 0 Å². The molecule has 0 spiro atoms. The quantitative estimate of drug-likeness (QED) is 0.740. The van der Waals surface area contributed by atoms with Crippen molar-refractivity contribution >= 4 is 0 Å². The minimum absolute atomic E-state index is 0.371. The average Bonchev–Trinajstić information content (AvgIpc) is 2.38. The van der Waals surface area contributed by atoms with Crippen molar-refractivity contribution < 1.29 is 5.11 Å². The molecule has 0 atom stereocenters. The van der Waals surface area contributed by atoms with Crippen molar-refractivity contribution in [1.29, 1.82) is 0 Å². The second kappa shape index (κ2) is 5.93. The Morgan fingerprint density at radius 3 is 1.76 bits per heavy atom. The molecule has 2 aromatic rings. The van der Waals surface area contributed by atoms with E-state index < -0.39 is 0 Å². The molecule has 0 saturated carbocycles. The highest BCUT2D eigenvalue weighted by Crippen LogP contribution is 2.40. The van der Waals surface area contributed by atoms with Crippen molar-refractivity contribution in [2.75, 3.05) is 0 Å². The minimum atomic E-state index is 0.371. The van der Waals surface area contributed by atoms with Gasteiger partial charge in [0.05, 0.1) is 0 Å². The third kappa shape index (κ3) is 3.12. The predicted octanol–water partition coefficient (Wildman–Crippen LogP) is 5.92. The molecular weight excluding hydrogens is 256 g/mol. The standard InChI is InChI=1S/C20H26O/c1-12(2)18-10-16(21)11-19(13(3)4)20(18)17-8-7-14(5)9-15(17)6/h7-13,21H,1-6H3. The van der Waals surface area contributed by atoms with E-state index in [1.807, 2.05) is 12.1 Å². The van der Waals surface area contributed by atoms with E-state index in [2.05, 4.69) is 59.7 Å². The van der Waals surface area contributed by atoms with Gasteiger partial charge in [-0.2, -0.15) is 0 Å². The Kier molecular flexibility index (Phi) is 4.41. The summed E-state index contributed by atoms with van der Waals surface area (Å²) in [6, 6.07) is 10.5. The first-order chi connectivity index (χ1) is 9.81. The molecule has 1 heteroatoms. The Morgan fingerprint density at radius 1 is 0.810 bits per heavy atom. The van der Waals surface area contributed by atoms with Crippen LogP contribution in [0, 0.1) is 13.8 Å². The molecule has 0 bridgehead atoms. The number of rotatable bonds is 3. The van der Waals surface area contributed by atoms with E-state index in [0.29, 0.717) is 17.6 Å². The first kappa shape index (κ1) is 15.6. The van der Waals surface area contributed by atoms with Gasteiger partial charge in [-0.15, -0.1) is 0 Å². The highest BCUT2D eigenvalue weighted by atomic mass is 16.3. The number of aryl methyl sites for hydroxylation is 2. The maximum absolute atomic E-state index is 10.1. The van der Waals surface area contributed by atoms with Crippen LogP contribution in [0.4, 0.5) is 0 Å². The van der Waals surface area contributed by atoms with Crippen molar-refractivity contribution in [3.8, 4) is 16.9 Å². The summed E-state index contributed by atoms with van der Waals surface area (Å²) in [5, 5.41) is 10.1. The number of benzene rings is 2. The molecule has 0 amide bonds. The Labute approximate surface area is 128 Å². The van der Waals surface area contributed by atoms with E-state index in [1.165, 1.54) is 33.4 Å². The highest BCUT2D eigenvalue weighted by molar-refractivity contribution is 5.76. The number of hydrogen-bond donors (Lipinski definition) is 1. The fourth-order valence-corrected chi connectivity index (χ4v) is 2.99. The Bertz CT molecular complexity index is 622. The summed E-state index contributed by atoms with van der Waals surface area (Å²) in [4.78, 5) is 0. The number of phenolic OH excluding ortho intramolecular Hbond substituents is 1. The van der Waals surface area contributed by atoms with E-state index in [1.54, 1.807) is 0 Å². The molecule has 2 aromatic carbocycles. The van der Waals surface area contributed by atoms with Crippen LogP contribution in [0.25, 0.3) is 11.1 Å². The molecule has 0 unspecified atom stereocenters. The second-order valence-electron chi connectivity index (χ2n) is 6.63. The number of phenols is 1. The molecule has 112 valence electrons. The van der Waals surface area contributed by atoms with E-state index in [9.17, 15) is 5.11 Å². The fourth-order valence-electron chi connectivity index (χ4n) is 2.99. The molecule has 0 saturated heterocycles. The van der Waals surface area contributed by atoms with Crippen LogP contribution in [0.2, 0.25) is 0 Å². The maximum atomic E-state index is 10.1. The maximum Gasteiger partial charge on any atom is 0.116 e. The molecule has 21 heavy (non-hydrogen) atoms. The zero-order chi connectivity index (χ0) is 15.7. The van der Waals surface area contributed by atoms with Crippen LogP contribution < -0.4 is 0 Å². The van der Waals surface area contributed by atoms with Crippen LogP contribution in [-0.2, 0) is 0 Å². The van der Waals surface area contributed by atoms with Crippen molar-refractivity contribution in [2.45, 2.75) is 53.4 Å². The number of aromatic hydroxyl groups is 1. The molecular formula is C20H26O. The predicted molar refractivity (Wildman–Crippen MR) is 91.2 cm³/mol. The zero-order valence-electron chi connectivity index (χ0n) is 14.0. The first-order valence-corrected chi connectivity index (χ1v) is 7.75. The first-order valence-electron chi connectivity index (χ1n) is 7.75. The Hall–Kier alpha value is -1.76. The molecule has 0 aliphatic carbocycles. The lowest BCUT2D eigenvalue weighted by atomic mass is 9.83. The van der Waals surface area contributed by atoms with E-state index in [-0.39, 0.29) is 0 Å². The van der Waals surface area contributed by atoms with Gasteiger partial charge in [-0.25, -0.2) is 0 Å². The minimum Gasteiger partial charge on any atom is -0.508 e. The second-order valence-corrected chi connectivity index (χ2v) is 6.63. The summed E-state index contributed by atoms with van der Waals surface area (Å²) < 4.78 is 0. The highest BCUT2D eigenvalue weighted by Gasteiger charge is 2.18. The third-order valence-corrected chi connectivity index (χ3v) is 4.08. The van der Waals surface area contributed by atoms with Crippen LogP contribution in [0.5, 0.6) is 5.75 Å². The lowest BCUT2D eigenvalue weighted by molar-refractivity contribution is 0.473. The van der Waals surface area contributed by atoms with Crippen LogP contribution in [-0.4, -0.2) is 5.11 Å². The van der Waals surface area contributed by atoms with Crippen LogP contribution in [0.3, 0.4) is 0 Å². The van der Waals surface area contributed by atoms with Gasteiger partial charge in [0, 0.05) is 0 Å². The van der Waals surface area contributed by atoms with E-state index in [0.717, 1.165) is 0 Å². The van der Waals surface area contributed by atoms with Gasteiger partial charge in [-0.3, -0.25) is 0 Å². The zero-order valence-corrected chi connectivity index (χ0v) is 14.0. The largest absolute Gasteiger partial charge is 0.508 e. The molecule has 1 N–H and O–H groups in total. The fraction of sp³-hybridized carbons (Fsp3) is 0.400. The normalized spacial score (nSPS) is 11.4. The van der Waals surface area contributed by atoms with Gasteiger partial charge < -0.3 is 5.11 Å². The molecule has 1 nitrogen and oxygen atoms in total. The van der Waals surface area contributed by atoms with Gasteiger partial charge in [0.25, 0.3) is 0 Å². The van der Waals surface area contributed by atoms with Crippen molar-refractivity contribution in [2.24, 2.45) is 0 Å². The van der Waals surface area contributed by atoms with Gasteiger partial charge in [0.2, 0.25) is 0 Å². The summed E-state index contributed by atoms with van der Waals surface area (Å²) in [5.74, 6) is 1.13. The SMILES string of the molecule is Cc1ccc(-c2c(C(C)C)cc(O)cc2C(C)C)c(C)c1. The topological polar surface area (TPSA) is 20.2 Å². The molecule has 0 aromatic heterocycles. The van der Waals surface area contributed by atoms with Gasteiger partial charge in [-0.1, -0.05) is 51.5 Å². The molecule has 0 fully saturated rings. The van der Waals surface area contributed by atoms with Crippen LogP contribution in [0.1, 0.15) is 61.8 Å². The van der Waals surface area contributed by atoms with Crippen molar-refractivity contribution in [3.05, 3.63) is 52.6 Å². The number of hydrogen-bond acceptors (Lipinski definition) is 1. The lowest BCUT2D eigenvalue weighted by Crippen LogP contribution is -2.01. The molecule has 0 radical (unpaired) electrons. The summed E-state index contributed by atoms with van der Waals surface area (Å²) in [7, 11) is 0. The molecule has 0 heterocycles. The molecule has 0 aliphatic heterocycles. The average molecular weight is 282 g/mol. The molecule has 2 rings (SSSR count). The summed E-state index contributed by atoms with van der Waals surface area (Å²) in [6.45, 7) is 13.0. The summed E-state index contributed by atoms with van der Waals surface area (Å²) in [5.41, 5.74) is 7.62. The van der Waals surface area contributed by atoms with E-state index >= 15 is 0 Å². The monoisotopic (exact) mass is 282 g/mol. The van der Waals surface area contributed by atoms with Gasteiger partial charge >= 0.3 is 0 Å². The van der Waals surface area contributed by atoms with Crippen LogP contribution >= 0.6 is 0 Å². The van der Waals surface area contributed by atoms with Crippen molar-refractivity contribution in [3.63, 3.8) is 0 Å². The van der Waals surface area contributed by atoms with E-state index in [4.69, 9.17) is 0 Å². The lowest BCUT2D eigenvalue weighted by Gasteiger charge is -2.22. The van der Waals surface area contributed by atoms with Gasteiger partial charge in [0.15, 0.2) is 0 Å². The summed E-state index contributed by atoms with van der Waals surface area (Å²) in [6.07, 6.45) is 0. The smallest absolute Gasteiger partial charge is 0.116 e. The Balaban J connectivity index is 2.81. The summed E-state index contributed by atoms with van der Waals surface area (Å²) >= 11 is 0. The molecule has 0 aliphatic rings. The van der Waals surface area contributed by atoms with Gasteiger partial charge in [-0.05, 0) is 65.6 Å². The van der Waals surface area contributed by atoms with Gasteiger partial charge in [0.1, 0.15) is 5.75 Å².